The van der Waals surface area contributed by atoms with E-state index in [9.17, 15) is 9.59 Å². The van der Waals surface area contributed by atoms with Crippen LogP contribution in [0.2, 0.25) is 0 Å². The predicted octanol–water partition coefficient (Wildman–Crippen LogP) is 5.15. The van der Waals surface area contributed by atoms with Crippen molar-refractivity contribution in [2.45, 2.75) is 66.3 Å². The third-order valence-electron chi connectivity index (χ3n) is 7.85. The van der Waals surface area contributed by atoms with E-state index < -0.39 is 0 Å². The SMILES string of the molecule is CC(C)CCN(CCC(C)C)C(=O)c1ccc2c(c1)n(CCCN1CCCC1)c1nc3cc[nH]c3c(=O)n21. The number of amides is 1. The Kier molecular flexibility index (Phi) is 7.88. The minimum Gasteiger partial charge on any atom is -0.355 e. The van der Waals surface area contributed by atoms with Gasteiger partial charge >= 0.3 is 0 Å². The van der Waals surface area contributed by atoms with Crippen molar-refractivity contribution in [3.05, 3.63) is 46.4 Å². The van der Waals surface area contributed by atoms with Crippen molar-refractivity contribution in [2.75, 3.05) is 32.7 Å². The summed E-state index contributed by atoms with van der Waals surface area (Å²) in [5, 5.41) is 0. The third-order valence-corrected chi connectivity index (χ3v) is 7.85. The van der Waals surface area contributed by atoms with Gasteiger partial charge in [-0.15, -0.1) is 0 Å². The highest BCUT2D eigenvalue weighted by Gasteiger charge is 2.21. The monoisotopic (exact) mass is 518 g/mol. The summed E-state index contributed by atoms with van der Waals surface area (Å²) in [6.45, 7) is 14.4. The Hall–Kier alpha value is -3.13. The fraction of sp³-hybridized carbons (Fsp3) is 0.567. The average molecular weight is 519 g/mol. The number of rotatable bonds is 11. The second-order valence-corrected chi connectivity index (χ2v) is 11.7. The van der Waals surface area contributed by atoms with Crippen LogP contribution in [0.3, 0.4) is 0 Å². The lowest BCUT2D eigenvalue weighted by molar-refractivity contribution is 0.0741. The minimum absolute atomic E-state index is 0.0643. The van der Waals surface area contributed by atoms with Crippen molar-refractivity contribution in [1.29, 1.82) is 0 Å². The number of nitrogens with zero attached hydrogens (tertiary/aromatic N) is 5. The highest BCUT2D eigenvalue weighted by Crippen LogP contribution is 2.24. The van der Waals surface area contributed by atoms with E-state index in [1.807, 2.05) is 29.2 Å². The van der Waals surface area contributed by atoms with Crippen molar-refractivity contribution in [3.8, 4) is 0 Å². The van der Waals surface area contributed by atoms with Crippen LogP contribution in [0.4, 0.5) is 0 Å². The summed E-state index contributed by atoms with van der Waals surface area (Å²) in [7, 11) is 0. The van der Waals surface area contributed by atoms with E-state index in [1.165, 1.54) is 12.8 Å². The van der Waals surface area contributed by atoms with Crippen LogP contribution in [-0.4, -0.2) is 67.4 Å². The molecule has 0 unspecified atom stereocenters. The molecule has 1 aromatic carbocycles. The van der Waals surface area contributed by atoms with Gasteiger partial charge < -0.3 is 19.4 Å². The van der Waals surface area contributed by atoms with Crippen molar-refractivity contribution >= 4 is 33.8 Å². The van der Waals surface area contributed by atoms with E-state index in [0.717, 1.165) is 69.6 Å². The number of imidazole rings is 1. The lowest BCUT2D eigenvalue weighted by atomic mass is 10.1. The highest BCUT2D eigenvalue weighted by molar-refractivity contribution is 5.98. The Bertz CT molecular complexity index is 1460. The number of benzene rings is 1. The Balaban J connectivity index is 1.55. The van der Waals surface area contributed by atoms with Gasteiger partial charge in [0.25, 0.3) is 11.5 Å². The lowest BCUT2D eigenvalue weighted by Crippen LogP contribution is -2.34. The van der Waals surface area contributed by atoms with Gasteiger partial charge in [-0.05, 0) is 87.8 Å². The molecule has 0 aliphatic carbocycles. The molecule has 0 radical (unpaired) electrons. The molecule has 1 fully saturated rings. The Labute approximate surface area is 224 Å². The maximum atomic E-state index is 13.8. The zero-order valence-electron chi connectivity index (χ0n) is 23.4. The van der Waals surface area contributed by atoms with E-state index in [0.29, 0.717) is 34.2 Å². The second-order valence-electron chi connectivity index (χ2n) is 11.7. The normalized spacial score (nSPS) is 14.7. The van der Waals surface area contributed by atoms with Crippen molar-refractivity contribution in [1.82, 2.24) is 28.7 Å². The van der Waals surface area contributed by atoms with E-state index in [-0.39, 0.29) is 11.5 Å². The van der Waals surface area contributed by atoms with Gasteiger partial charge in [0, 0.05) is 31.4 Å². The molecule has 0 spiro atoms. The molecular weight excluding hydrogens is 476 g/mol. The van der Waals surface area contributed by atoms with Gasteiger partial charge in [0.05, 0.1) is 16.6 Å². The van der Waals surface area contributed by atoms with Gasteiger partial charge in [-0.3, -0.25) is 9.59 Å². The molecule has 38 heavy (non-hydrogen) atoms. The molecule has 1 aliphatic rings. The van der Waals surface area contributed by atoms with Crippen LogP contribution in [0.15, 0.2) is 35.3 Å². The fourth-order valence-corrected chi connectivity index (χ4v) is 5.56. The number of H-pyrrole nitrogens is 1. The number of nitrogens with one attached hydrogen (secondary N) is 1. The van der Waals surface area contributed by atoms with Crippen LogP contribution in [-0.2, 0) is 6.54 Å². The summed E-state index contributed by atoms with van der Waals surface area (Å²) in [5.74, 6) is 1.77. The van der Waals surface area contributed by atoms with Gasteiger partial charge in [-0.25, -0.2) is 9.38 Å². The maximum absolute atomic E-state index is 13.8. The molecule has 1 aliphatic heterocycles. The molecular formula is C30H42N6O2. The molecule has 4 heterocycles. The molecule has 1 N–H and O–H groups in total. The van der Waals surface area contributed by atoms with E-state index in [1.54, 1.807) is 10.6 Å². The molecule has 3 aromatic heterocycles. The van der Waals surface area contributed by atoms with Crippen molar-refractivity contribution < 1.29 is 4.79 Å². The summed E-state index contributed by atoms with van der Waals surface area (Å²) in [4.78, 5) is 39.7. The topological polar surface area (TPSA) is 78.6 Å². The number of carbonyl (C=O) groups is 1. The number of fused-ring (bicyclic) bond motifs is 4. The maximum Gasteiger partial charge on any atom is 0.283 e. The van der Waals surface area contributed by atoms with E-state index in [4.69, 9.17) is 4.98 Å². The number of carbonyl (C=O) groups excluding carboxylic acids is 1. The number of aromatic nitrogens is 4. The van der Waals surface area contributed by atoms with E-state index >= 15 is 0 Å². The van der Waals surface area contributed by atoms with Crippen LogP contribution in [0, 0.1) is 11.8 Å². The summed E-state index contributed by atoms with van der Waals surface area (Å²) >= 11 is 0. The standard InChI is InChI=1S/C30H42N6O2/c1-21(2)11-18-34(19-12-22(3)4)28(37)23-8-9-25-26(20-23)35(17-7-16-33-14-5-6-15-33)30-32-24-10-13-31-27(24)29(38)36(25)30/h8-10,13,20-22,31H,5-7,11-12,14-19H2,1-4H3. The van der Waals surface area contributed by atoms with Gasteiger partial charge in [0.1, 0.15) is 5.52 Å². The number of hydrogen-bond donors (Lipinski definition) is 1. The summed E-state index contributed by atoms with van der Waals surface area (Å²) < 4.78 is 3.84. The van der Waals surface area contributed by atoms with Gasteiger partial charge in [0.2, 0.25) is 5.78 Å². The molecule has 0 saturated carbocycles. The van der Waals surface area contributed by atoms with Gasteiger partial charge in [-0.2, -0.15) is 0 Å². The summed E-state index contributed by atoms with van der Waals surface area (Å²) in [5.41, 5.74) is 3.43. The van der Waals surface area contributed by atoms with Crippen LogP contribution >= 0.6 is 0 Å². The number of aryl methyl sites for hydroxylation is 1. The lowest BCUT2D eigenvalue weighted by Gasteiger charge is -2.24. The molecule has 5 rings (SSSR count). The van der Waals surface area contributed by atoms with Crippen molar-refractivity contribution in [2.24, 2.45) is 11.8 Å². The number of hydrogen-bond acceptors (Lipinski definition) is 4. The van der Waals surface area contributed by atoms with E-state index in [2.05, 4.69) is 42.1 Å². The van der Waals surface area contributed by atoms with Crippen molar-refractivity contribution in [3.63, 3.8) is 0 Å². The zero-order chi connectivity index (χ0) is 26.8. The largest absolute Gasteiger partial charge is 0.355 e. The van der Waals surface area contributed by atoms with Crippen LogP contribution in [0.5, 0.6) is 0 Å². The number of aromatic amines is 1. The summed E-state index contributed by atoms with van der Waals surface area (Å²) in [6.07, 6.45) is 7.23. The zero-order valence-corrected chi connectivity index (χ0v) is 23.4. The highest BCUT2D eigenvalue weighted by atomic mass is 16.2. The van der Waals surface area contributed by atoms with Crippen LogP contribution in [0.25, 0.3) is 27.8 Å². The molecule has 8 heteroatoms. The third kappa shape index (κ3) is 5.37. The molecule has 1 amide bonds. The Morgan fingerprint density at radius 1 is 1.00 bits per heavy atom. The molecule has 0 bridgehead atoms. The fourth-order valence-electron chi connectivity index (χ4n) is 5.56. The predicted molar refractivity (Wildman–Crippen MR) is 154 cm³/mol. The Morgan fingerprint density at radius 3 is 2.39 bits per heavy atom. The molecule has 204 valence electrons. The first kappa shape index (κ1) is 26.5. The Morgan fingerprint density at radius 2 is 1.71 bits per heavy atom. The summed E-state index contributed by atoms with van der Waals surface area (Å²) in [6, 6.07) is 7.63. The average Bonchev–Trinajstić information content (AvgIpc) is 3.63. The van der Waals surface area contributed by atoms with Gasteiger partial charge in [0.15, 0.2) is 0 Å². The molecule has 0 atom stereocenters. The molecule has 8 nitrogen and oxygen atoms in total. The first-order valence-electron chi connectivity index (χ1n) is 14.4. The molecule has 1 saturated heterocycles. The van der Waals surface area contributed by atoms with Crippen LogP contribution in [0.1, 0.15) is 70.2 Å². The van der Waals surface area contributed by atoms with Gasteiger partial charge in [-0.1, -0.05) is 27.7 Å². The quantitative estimate of drug-likeness (QED) is 0.298. The minimum atomic E-state index is -0.104. The number of likely N-dealkylation sites (tertiary alicyclic amines) is 1. The second kappa shape index (κ2) is 11.3. The first-order valence-corrected chi connectivity index (χ1v) is 14.4. The first-order chi connectivity index (χ1) is 18.3. The smallest absolute Gasteiger partial charge is 0.283 e. The van der Waals surface area contributed by atoms with Crippen LogP contribution < -0.4 is 5.56 Å². The molecule has 4 aromatic rings.